The van der Waals surface area contributed by atoms with Gasteiger partial charge in [-0.2, -0.15) is 0 Å². The molecular formula is C39H75N7O4. The van der Waals surface area contributed by atoms with E-state index in [9.17, 15) is 19.2 Å². The van der Waals surface area contributed by atoms with Crippen molar-refractivity contribution in [2.75, 3.05) is 39.3 Å². The number of unbranched alkanes of at least 4 members (excludes halogenated alkanes) is 15. The average molecular weight is 706 g/mol. The molecule has 1 saturated heterocycles. The number of carbonyl (C=O) groups is 4. The fourth-order valence-corrected chi connectivity index (χ4v) is 6.75. The van der Waals surface area contributed by atoms with Gasteiger partial charge >= 0.3 is 6.03 Å². The number of nitrogens with zero attached hydrogens (tertiary/aromatic N) is 4. The maximum absolute atomic E-state index is 13.1. The zero-order chi connectivity index (χ0) is 37.0. The van der Waals surface area contributed by atoms with E-state index in [1.54, 1.807) is 0 Å². The lowest BCUT2D eigenvalue weighted by Gasteiger charge is -2.32. The van der Waals surface area contributed by atoms with E-state index in [4.69, 9.17) is 10.7 Å². The molecule has 2 atom stereocenters. The Labute approximate surface area is 305 Å². The van der Waals surface area contributed by atoms with Gasteiger partial charge in [0.05, 0.1) is 0 Å². The zero-order valence-corrected chi connectivity index (χ0v) is 32.7. The molecule has 0 aromatic carbocycles. The predicted molar refractivity (Wildman–Crippen MR) is 206 cm³/mol. The summed E-state index contributed by atoms with van der Waals surface area (Å²) in [7, 11) is 0. The number of carbonyl (C=O) groups excluding carboxylic acids is 4. The van der Waals surface area contributed by atoms with Crippen molar-refractivity contribution in [2.24, 2.45) is 10.7 Å². The smallest absolute Gasteiger partial charge is 0.325 e. The first-order chi connectivity index (χ1) is 24.2. The van der Waals surface area contributed by atoms with Crippen LogP contribution < -0.4 is 16.4 Å². The highest BCUT2D eigenvalue weighted by Crippen LogP contribution is 2.19. The first-order valence-corrected chi connectivity index (χ1v) is 20.5. The van der Waals surface area contributed by atoms with Crippen molar-refractivity contribution >= 4 is 29.7 Å². The van der Waals surface area contributed by atoms with Crippen molar-refractivity contribution < 1.29 is 19.2 Å². The molecule has 11 heteroatoms. The van der Waals surface area contributed by atoms with Gasteiger partial charge in [0.15, 0.2) is 5.96 Å². The Balaban J connectivity index is 2.26. The summed E-state index contributed by atoms with van der Waals surface area (Å²) in [5, 5.41) is 5.72. The van der Waals surface area contributed by atoms with Gasteiger partial charge in [-0.1, -0.05) is 90.4 Å². The summed E-state index contributed by atoms with van der Waals surface area (Å²) in [5.41, 5.74) is 5.67. The molecule has 5 amide bonds. The molecule has 4 N–H and O–H groups in total. The van der Waals surface area contributed by atoms with Crippen LogP contribution >= 0.6 is 0 Å². The van der Waals surface area contributed by atoms with Gasteiger partial charge in [0.1, 0.15) is 12.1 Å². The molecule has 0 saturated carbocycles. The predicted octanol–water partition coefficient (Wildman–Crippen LogP) is 7.13. The summed E-state index contributed by atoms with van der Waals surface area (Å²) in [6, 6.07) is -2.21. The number of imide groups is 1. The number of primary amides is 1. The number of amides is 5. The second-order valence-corrected chi connectivity index (χ2v) is 13.8. The van der Waals surface area contributed by atoms with Crippen molar-refractivity contribution in [1.82, 2.24) is 25.3 Å². The largest absolute Gasteiger partial charge is 0.368 e. The van der Waals surface area contributed by atoms with E-state index in [-0.39, 0.29) is 5.91 Å². The van der Waals surface area contributed by atoms with Gasteiger partial charge in [0, 0.05) is 45.7 Å². The second-order valence-electron chi connectivity index (χ2n) is 13.8. The molecule has 0 unspecified atom stereocenters. The summed E-state index contributed by atoms with van der Waals surface area (Å²) in [6.45, 7) is 15.4. The Bertz CT molecular complexity index is 954. The van der Waals surface area contributed by atoms with E-state index < -0.39 is 29.9 Å². The Morgan fingerprint density at radius 3 is 1.76 bits per heavy atom. The van der Waals surface area contributed by atoms with Crippen LogP contribution in [0.25, 0.3) is 0 Å². The van der Waals surface area contributed by atoms with Crippen LogP contribution in [-0.4, -0.2) is 95.8 Å². The molecule has 0 aromatic heterocycles. The average Bonchev–Trinajstić information content (AvgIpc) is 3.38. The van der Waals surface area contributed by atoms with E-state index in [0.717, 1.165) is 49.9 Å². The van der Waals surface area contributed by atoms with Gasteiger partial charge in [0.2, 0.25) is 11.8 Å². The van der Waals surface area contributed by atoms with Crippen molar-refractivity contribution in [1.29, 1.82) is 0 Å². The van der Waals surface area contributed by atoms with Crippen LogP contribution in [0.3, 0.4) is 0 Å². The lowest BCUT2D eigenvalue weighted by Crippen LogP contribution is -2.48. The van der Waals surface area contributed by atoms with E-state index >= 15 is 0 Å². The molecule has 0 aromatic rings. The number of rotatable bonds is 31. The number of hydrogen-bond acceptors (Lipinski definition) is 5. The van der Waals surface area contributed by atoms with Crippen molar-refractivity contribution in [3.8, 4) is 0 Å². The molecule has 1 aliphatic rings. The minimum absolute atomic E-state index is 0.0766. The molecule has 0 spiro atoms. The molecule has 1 rings (SSSR count). The summed E-state index contributed by atoms with van der Waals surface area (Å²) in [6.07, 6.45) is 22.1. The van der Waals surface area contributed by atoms with Gasteiger partial charge in [-0.25, -0.2) is 9.69 Å². The fraction of sp³-hybridized carbons (Fsp3) is 0.872. The number of hydrogen-bond donors (Lipinski definition) is 3. The molecule has 0 bridgehead atoms. The molecule has 0 aliphatic carbocycles. The van der Waals surface area contributed by atoms with Gasteiger partial charge < -0.3 is 26.2 Å². The van der Waals surface area contributed by atoms with Crippen LogP contribution in [0.4, 0.5) is 4.79 Å². The Hall–Kier alpha value is -2.85. The summed E-state index contributed by atoms with van der Waals surface area (Å²) >= 11 is 0. The number of urea groups is 1. The molecule has 1 heterocycles. The van der Waals surface area contributed by atoms with Crippen molar-refractivity contribution in [2.45, 2.75) is 182 Å². The standard InChI is InChI=1S/C39H75N7O4/c1-6-11-12-13-14-15-16-17-18-19-20-21-22-23-30-35(47)41-31-26-24-28-33-37(49)46(39(50)43-33)34(36(40)48)29-25-27-32-42-38(44(7-2)8-3)45(9-4)10-5/h33-34H,6-32H2,1-5H3,(H2,40,48)(H,41,47)(H,43,50)/t33-,34-/m0/s1. The number of aliphatic imine (C=N–C) groups is 1. The van der Waals surface area contributed by atoms with Gasteiger partial charge in [0.25, 0.3) is 5.91 Å². The monoisotopic (exact) mass is 706 g/mol. The Kier molecular flexibility index (Phi) is 26.0. The van der Waals surface area contributed by atoms with Crippen LogP contribution in [0, 0.1) is 0 Å². The lowest BCUT2D eigenvalue weighted by molar-refractivity contribution is -0.135. The highest BCUT2D eigenvalue weighted by atomic mass is 16.2. The normalized spacial score (nSPS) is 14.8. The van der Waals surface area contributed by atoms with E-state index in [1.807, 2.05) is 0 Å². The quantitative estimate of drug-likeness (QED) is 0.0304. The first kappa shape index (κ1) is 45.2. The minimum Gasteiger partial charge on any atom is -0.368 e. The minimum atomic E-state index is -0.976. The van der Waals surface area contributed by atoms with Gasteiger partial charge in [-0.15, -0.1) is 0 Å². The van der Waals surface area contributed by atoms with Gasteiger partial charge in [-0.3, -0.25) is 19.4 Å². The third-order valence-corrected chi connectivity index (χ3v) is 9.92. The van der Waals surface area contributed by atoms with E-state index in [0.29, 0.717) is 58.0 Å². The van der Waals surface area contributed by atoms with Crippen LogP contribution in [0.2, 0.25) is 0 Å². The third kappa shape index (κ3) is 18.4. The lowest BCUT2D eigenvalue weighted by atomic mass is 10.0. The first-order valence-electron chi connectivity index (χ1n) is 20.5. The number of guanidine groups is 1. The highest BCUT2D eigenvalue weighted by Gasteiger charge is 2.43. The molecule has 1 aliphatic heterocycles. The summed E-state index contributed by atoms with van der Waals surface area (Å²) < 4.78 is 0. The molecule has 50 heavy (non-hydrogen) atoms. The van der Waals surface area contributed by atoms with Crippen molar-refractivity contribution in [3.05, 3.63) is 0 Å². The molecular weight excluding hydrogens is 630 g/mol. The SMILES string of the molecule is CCCCCCCCCCCCCCCCC(=O)NCCCC[C@@H]1NC(=O)N([C@@H](CCCCN=C(N(CC)CC)N(CC)CC)C(N)=O)C1=O. The highest BCUT2D eigenvalue weighted by molar-refractivity contribution is 6.07. The summed E-state index contributed by atoms with van der Waals surface area (Å²) in [4.78, 5) is 60.8. The van der Waals surface area contributed by atoms with E-state index in [2.05, 4.69) is 55.1 Å². The molecule has 11 nitrogen and oxygen atoms in total. The van der Waals surface area contributed by atoms with Crippen LogP contribution in [0.1, 0.15) is 169 Å². The van der Waals surface area contributed by atoms with E-state index in [1.165, 1.54) is 77.0 Å². The van der Waals surface area contributed by atoms with Crippen LogP contribution in [-0.2, 0) is 14.4 Å². The number of nitrogens with two attached hydrogens (primary N) is 1. The zero-order valence-electron chi connectivity index (χ0n) is 32.7. The maximum atomic E-state index is 13.1. The maximum Gasteiger partial charge on any atom is 0.325 e. The topological polar surface area (TPSA) is 140 Å². The molecule has 290 valence electrons. The van der Waals surface area contributed by atoms with Crippen molar-refractivity contribution in [3.63, 3.8) is 0 Å². The molecule has 0 radical (unpaired) electrons. The fourth-order valence-electron chi connectivity index (χ4n) is 6.75. The van der Waals surface area contributed by atoms with Crippen LogP contribution in [0.15, 0.2) is 4.99 Å². The second kappa shape index (κ2) is 28.8. The Morgan fingerprint density at radius 1 is 0.740 bits per heavy atom. The summed E-state index contributed by atoms with van der Waals surface area (Å²) in [5.74, 6) is -0.0178. The van der Waals surface area contributed by atoms with Crippen LogP contribution in [0.5, 0.6) is 0 Å². The third-order valence-electron chi connectivity index (χ3n) is 9.92. The van der Waals surface area contributed by atoms with Gasteiger partial charge in [-0.05, 0) is 72.6 Å². The Morgan fingerprint density at radius 2 is 1.26 bits per heavy atom. The number of nitrogens with one attached hydrogen (secondary N) is 2. The molecule has 1 fully saturated rings.